The lowest BCUT2D eigenvalue weighted by Gasteiger charge is -2.26. The molecule has 0 bridgehead atoms. The maximum absolute atomic E-state index is 11.8. The van der Waals surface area contributed by atoms with Crippen LogP contribution in [0.25, 0.3) is 0 Å². The lowest BCUT2D eigenvalue weighted by Crippen LogP contribution is -2.37. The number of hydrogen-bond acceptors (Lipinski definition) is 4. The number of benzene rings is 1. The van der Waals surface area contributed by atoms with E-state index in [4.69, 9.17) is 5.41 Å². The van der Waals surface area contributed by atoms with Crippen molar-refractivity contribution in [2.75, 3.05) is 16.4 Å². The van der Waals surface area contributed by atoms with Crippen LogP contribution in [-0.2, 0) is 16.3 Å². The highest BCUT2D eigenvalue weighted by Gasteiger charge is 2.48. The summed E-state index contributed by atoms with van der Waals surface area (Å²) >= 11 is 1.39. The van der Waals surface area contributed by atoms with Gasteiger partial charge in [-0.25, -0.2) is 8.42 Å². The normalized spacial score (nSPS) is 28.7. The molecule has 1 aromatic rings. The predicted molar refractivity (Wildman–Crippen MR) is 79.8 cm³/mol. The van der Waals surface area contributed by atoms with E-state index < -0.39 is 9.84 Å². The second-order valence-corrected chi connectivity index (χ2v) is 8.34. The molecule has 0 radical (unpaired) electrons. The Labute approximate surface area is 117 Å². The summed E-state index contributed by atoms with van der Waals surface area (Å²) in [6.07, 6.45) is 0.884. The molecule has 3 rings (SSSR count). The van der Waals surface area contributed by atoms with E-state index in [0.29, 0.717) is 5.17 Å². The molecule has 0 saturated carbocycles. The molecule has 4 nitrogen and oxygen atoms in total. The summed E-state index contributed by atoms with van der Waals surface area (Å²) in [5.74, 6) is 0.376. The molecule has 2 fully saturated rings. The molecule has 102 valence electrons. The van der Waals surface area contributed by atoms with E-state index in [1.54, 1.807) is 0 Å². The first-order valence-electron chi connectivity index (χ1n) is 6.34. The topological polar surface area (TPSA) is 61.2 Å². The molecule has 2 atom stereocenters. The quantitative estimate of drug-likeness (QED) is 0.905. The fourth-order valence-corrected chi connectivity index (χ4v) is 6.62. The highest BCUT2D eigenvalue weighted by molar-refractivity contribution is 8.15. The van der Waals surface area contributed by atoms with Crippen molar-refractivity contribution in [1.82, 2.24) is 0 Å². The number of nitrogens with one attached hydrogen (secondary N) is 1. The van der Waals surface area contributed by atoms with Crippen LogP contribution in [0.2, 0.25) is 0 Å². The molecule has 1 aromatic carbocycles. The van der Waals surface area contributed by atoms with Crippen molar-refractivity contribution in [3.63, 3.8) is 0 Å². The fraction of sp³-hybridized carbons (Fsp3) is 0.462. The second-order valence-electron chi connectivity index (χ2n) is 4.96. The van der Waals surface area contributed by atoms with Crippen LogP contribution < -0.4 is 4.90 Å². The Kier molecular flexibility index (Phi) is 3.09. The minimum atomic E-state index is -2.95. The van der Waals surface area contributed by atoms with Gasteiger partial charge in [0.1, 0.15) is 0 Å². The third-order valence-corrected chi connectivity index (χ3v) is 6.85. The van der Waals surface area contributed by atoms with Crippen LogP contribution in [0.3, 0.4) is 0 Å². The molecule has 0 amide bonds. The first-order valence-corrected chi connectivity index (χ1v) is 9.04. The number of sulfone groups is 1. The van der Waals surface area contributed by atoms with Gasteiger partial charge < -0.3 is 4.90 Å². The largest absolute Gasteiger partial charge is 0.316 e. The summed E-state index contributed by atoms with van der Waals surface area (Å²) in [7, 11) is -2.95. The average Bonchev–Trinajstić information content (AvgIpc) is 2.79. The highest BCUT2D eigenvalue weighted by atomic mass is 32.2. The molecular weight excluding hydrogens is 280 g/mol. The van der Waals surface area contributed by atoms with Crippen molar-refractivity contribution in [3.05, 3.63) is 29.8 Å². The number of fused-ring (bicyclic) bond motifs is 1. The molecule has 0 aromatic heterocycles. The molecule has 19 heavy (non-hydrogen) atoms. The zero-order valence-corrected chi connectivity index (χ0v) is 12.3. The molecule has 2 heterocycles. The molecule has 2 saturated heterocycles. The van der Waals surface area contributed by atoms with Gasteiger partial charge in [0, 0.05) is 10.9 Å². The average molecular weight is 296 g/mol. The monoisotopic (exact) mass is 296 g/mol. The molecule has 2 unspecified atom stereocenters. The van der Waals surface area contributed by atoms with Gasteiger partial charge in [-0.05, 0) is 18.1 Å². The van der Waals surface area contributed by atoms with E-state index in [9.17, 15) is 8.42 Å². The van der Waals surface area contributed by atoms with Gasteiger partial charge in [-0.1, -0.05) is 36.9 Å². The van der Waals surface area contributed by atoms with Crippen molar-refractivity contribution in [3.8, 4) is 0 Å². The fourth-order valence-electron chi connectivity index (χ4n) is 2.83. The maximum Gasteiger partial charge on any atom is 0.161 e. The van der Waals surface area contributed by atoms with Gasteiger partial charge in [0.15, 0.2) is 15.0 Å². The minimum absolute atomic E-state index is 0.0161. The van der Waals surface area contributed by atoms with E-state index in [0.717, 1.165) is 17.7 Å². The number of para-hydroxylation sites is 1. The summed E-state index contributed by atoms with van der Waals surface area (Å²) in [5.41, 5.74) is 2.16. The first-order chi connectivity index (χ1) is 9.02. The van der Waals surface area contributed by atoms with Gasteiger partial charge in [-0.2, -0.15) is 0 Å². The van der Waals surface area contributed by atoms with E-state index >= 15 is 0 Å². The van der Waals surface area contributed by atoms with Crippen LogP contribution in [0.15, 0.2) is 24.3 Å². The summed E-state index contributed by atoms with van der Waals surface area (Å²) in [4.78, 5) is 1.92. The third-order valence-electron chi connectivity index (χ3n) is 3.72. The van der Waals surface area contributed by atoms with Crippen LogP contribution in [0.5, 0.6) is 0 Å². The molecule has 2 aliphatic heterocycles. The van der Waals surface area contributed by atoms with Gasteiger partial charge in [-0.15, -0.1) is 0 Å². The number of nitrogens with zero attached hydrogens (tertiary/aromatic N) is 1. The van der Waals surface area contributed by atoms with Gasteiger partial charge in [0.05, 0.1) is 17.5 Å². The number of aryl methyl sites for hydroxylation is 1. The highest BCUT2D eigenvalue weighted by Crippen LogP contribution is 2.41. The zero-order valence-electron chi connectivity index (χ0n) is 10.7. The third kappa shape index (κ3) is 2.17. The van der Waals surface area contributed by atoms with E-state index in [1.807, 2.05) is 29.2 Å². The molecule has 6 heteroatoms. The Morgan fingerprint density at radius 3 is 2.84 bits per heavy atom. The van der Waals surface area contributed by atoms with E-state index in [1.165, 1.54) is 11.8 Å². The second kappa shape index (κ2) is 4.52. The predicted octanol–water partition coefficient (Wildman–Crippen LogP) is 1.90. The van der Waals surface area contributed by atoms with Gasteiger partial charge in [0.25, 0.3) is 0 Å². The van der Waals surface area contributed by atoms with Crippen molar-refractivity contribution in [2.24, 2.45) is 0 Å². The lowest BCUT2D eigenvalue weighted by molar-refractivity contribution is 0.601. The minimum Gasteiger partial charge on any atom is -0.316 e. The Morgan fingerprint density at radius 1 is 1.37 bits per heavy atom. The van der Waals surface area contributed by atoms with Gasteiger partial charge in [0.2, 0.25) is 0 Å². The lowest BCUT2D eigenvalue weighted by atomic mass is 10.1. The summed E-state index contributed by atoms with van der Waals surface area (Å²) in [5, 5.41) is 8.63. The Balaban J connectivity index is 2.02. The summed E-state index contributed by atoms with van der Waals surface area (Å²) in [6, 6.07) is 7.89. The number of rotatable bonds is 2. The number of anilines is 1. The van der Waals surface area contributed by atoms with Crippen molar-refractivity contribution < 1.29 is 8.42 Å². The molecular formula is C13H16N2O2S2. The smallest absolute Gasteiger partial charge is 0.161 e. The Hall–Kier alpha value is -1.01. The molecule has 1 N–H and O–H groups in total. The molecule has 0 aliphatic carbocycles. The van der Waals surface area contributed by atoms with Crippen molar-refractivity contribution in [1.29, 1.82) is 5.41 Å². The first kappa shape index (κ1) is 13.0. The van der Waals surface area contributed by atoms with E-state index in [2.05, 4.69) is 6.92 Å². The Bertz CT molecular complexity index is 627. The summed E-state index contributed by atoms with van der Waals surface area (Å²) < 4.78 is 23.5. The van der Waals surface area contributed by atoms with Crippen molar-refractivity contribution >= 4 is 32.5 Å². The van der Waals surface area contributed by atoms with Crippen LogP contribution in [0, 0.1) is 5.41 Å². The van der Waals surface area contributed by atoms with Crippen LogP contribution in [-0.4, -0.2) is 36.4 Å². The number of thioether (sulfide) groups is 1. The van der Waals surface area contributed by atoms with E-state index in [-0.39, 0.29) is 22.8 Å². The van der Waals surface area contributed by atoms with Gasteiger partial charge in [-0.3, -0.25) is 5.41 Å². The molecule has 0 spiro atoms. The maximum atomic E-state index is 11.8. The Morgan fingerprint density at radius 2 is 2.11 bits per heavy atom. The van der Waals surface area contributed by atoms with Crippen LogP contribution in [0.4, 0.5) is 5.69 Å². The number of hydrogen-bond donors (Lipinski definition) is 1. The van der Waals surface area contributed by atoms with Crippen LogP contribution >= 0.6 is 11.8 Å². The van der Waals surface area contributed by atoms with Gasteiger partial charge >= 0.3 is 0 Å². The van der Waals surface area contributed by atoms with Crippen LogP contribution in [0.1, 0.15) is 12.5 Å². The molecule has 2 aliphatic rings. The number of amidine groups is 1. The standard InChI is InChI=1S/C13H16N2O2S2/c1-2-9-5-3-4-6-10(9)15-11-7-19(16,17)8-12(11)18-13(15)14/h3-6,11-12,14H,2,7-8H2,1H3. The summed E-state index contributed by atoms with van der Waals surface area (Å²) in [6.45, 7) is 2.08. The zero-order chi connectivity index (χ0) is 13.6. The van der Waals surface area contributed by atoms with Crippen molar-refractivity contribution in [2.45, 2.75) is 24.6 Å². The SMILES string of the molecule is CCc1ccccc1N1C(=N)SC2CS(=O)(=O)CC21.